The predicted octanol–water partition coefficient (Wildman–Crippen LogP) is 3.95. The molecule has 9 heteroatoms. The summed E-state index contributed by atoms with van der Waals surface area (Å²) in [6, 6.07) is 5.74. The van der Waals surface area contributed by atoms with Gasteiger partial charge in [-0.05, 0) is 104 Å². The number of aliphatic hydroxyl groups excluding tert-OH is 1. The lowest BCUT2D eigenvalue weighted by atomic mass is 9.79. The highest BCUT2D eigenvalue weighted by atomic mass is 127. The average Bonchev–Trinajstić information content (AvgIpc) is 3.52. The van der Waals surface area contributed by atoms with Crippen LogP contribution in [0.25, 0.3) is 0 Å². The third-order valence-electron chi connectivity index (χ3n) is 5.01. The lowest BCUT2D eigenvalue weighted by molar-refractivity contribution is -0.161. The number of ether oxygens (including phenoxy) is 4. The largest absolute Gasteiger partial charge is 0.490 e. The Kier molecular flexibility index (Phi) is 9.83. The van der Waals surface area contributed by atoms with Crippen LogP contribution in [0.1, 0.15) is 40.5 Å². The highest BCUT2D eigenvalue weighted by molar-refractivity contribution is 14.1. The van der Waals surface area contributed by atoms with Crippen molar-refractivity contribution in [3.63, 3.8) is 0 Å². The van der Waals surface area contributed by atoms with E-state index in [2.05, 4.69) is 45.2 Å². The van der Waals surface area contributed by atoms with E-state index >= 15 is 0 Å². The molecule has 0 bridgehead atoms. The normalized spacial score (nSPS) is 17.1. The Hall–Kier alpha value is -0.660. The van der Waals surface area contributed by atoms with E-state index in [1.807, 2.05) is 18.2 Å². The Labute approximate surface area is 210 Å². The minimum absolute atomic E-state index is 0.0217. The maximum Gasteiger partial charge on any atom is 0.311 e. The van der Waals surface area contributed by atoms with E-state index < -0.39 is 22.9 Å². The van der Waals surface area contributed by atoms with Gasteiger partial charge in [-0.2, -0.15) is 0 Å². The Morgan fingerprint density at radius 2 is 1.68 bits per heavy atom. The molecule has 31 heavy (non-hydrogen) atoms. The van der Waals surface area contributed by atoms with Crippen molar-refractivity contribution < 1.29 is 33.6 Å². The molecule has 1 aliphatic heterocycles. The molecule has 7 nitrogen and oxygen atoms in total. The van der Waals surface area contributed by atoms with Crippen LogP contribution in [-0.4, -0.2) is 55.7 Å². The lowest BCUT2D eigenvalue weighted by Crippen LogP contribution is -2.34. The van der Waals surface area contributed by atoms with Crippen molar-refractivity contribution in [3.05, 3.63) is 25.3 Å². The summed E-state index contributed by atoms with van der Waals surface area (Å²) < 4.78 is 23.3. The second kappa shape index (κ2) is 11.5. The molecule has 0 amide bonds. The minimum atomic E-state index is -0.939. The summed E-state index contributed by atoms with van der Waals surface area (Å²) in [6.07, 6.45) is -0.000850. The number of benzene rings is 1. The quantitative estimate of drug-likeness (QED) is 0.206. The zero-order valence-corrected chi connectivity index (χ0v) is 22.6. The highest BCUT2D eigenvalue weighted by Crippen LogP contribution is 2.33. The standard InChI is InChI=1S/C22H30I2O7/c1-21(2,7-8-22(3,4)20(27)31-13-16-12-28-16)19(26)30-11-15(25)10-29-18-6-5-14(23)9-17(18)24/h5-6,9,15-16,25H,7-8,10-13H2,1-4H3. The number of carbonyl (C=O) groups excluding carboxylic acids is 2. The van der Waals surface area contributed by atoms with E-state index in [0.29, 0.717) is 25.2 Å². The van der Waals surface area contributed by atoms with Crippen molar-refractivity contribution in [2.45, 2.75) is 52.7 Å². The van der Waals surface area contributed by atoms with Gasteiger partial charge in [-0.25, -0.2) is 0 Å². The summed E-state index contributed by atoms with van der Waals surface area (Å²) in [5.74, 6) is -0.0509. The van der Waals surface area contributed by atoms with Crippen molar-refractivity contribution in [3.8, 4) is 5.75 Å². The summed E-state index contributed by atoms with van der Waals surface area (Å²) in [7, 11) is 0. The molecule has 1 aliphatic rings. The van der Waals surface area contributed by atoms with Crippen molar-refractivity contribution >= 4 is 57.1 Å². The number of carbonyl (C=O) groups is 2. The van der Waals surface area contributed by atoms with Crippen LogP contribution in [0.5, 0.6) is 5.75 Å². The van der Waals surface area contributed by atoms with E-state index in [4.69, 9.17) is 18.9 Å². The number of esters is 2. The van der Waals surface area contributed by atoms with Crippen LogP contribution in [0.15, 0.2) is 18.2 Å². The SMILES string of the molecule is CC(C)(CCC(C)(C)C(=O)OCC1CO1)C(=O)OCC(O)COc1ccc(I)cc1I. The van der Waals surface area contributed by atoms with E-state index in [9.17, 15) is 14.7 Å². The van der Waals surface area contributed by atoms with Crippen LogP contribution < -0.4 is 4.74 Å². The molecule has 1 aromatic carbocycles. The van der Waals surface area contributed by atoms with E-state index in [1.165, 1.54) is 0 Å². The van der Waals surface area contributed by atoms with Gasteiger partial charge in [-0.1, -0.05) is 0 Å². The van der Waals surface area contributed by atoms with Gasteiger partial charge >= 0.3 is 11.9 Å². The zero-order valence-electron chi connectivity index (χ0n) is 18.3. The van der Waals surface area contributed by atoms with Crippen LogP contribution in [0.3, 0.4) is 0 Å². The molecule has 1 aromatic rings. The molecular formula is C22H30I2O7. The Balaban J connectivity index is 1.74. The third-order valence-corrected chi connectivity index (χ3v) is 6.53. The molecule has 2 rings (SSSR count). The fourth-order valence-corrected chi connectivity index (χ4v) is 4.31. The molecule has 0 aliphatic carbocycles. The molecule has 0 saturated carbocycles. The van der Waals surface area contributed by atoms with Gasteiger partial charge in [0.15, 0.2) is 0 Å². The van der Waals surface area contributed by atoms with Gasteiger partial charge in [0.2, 0.25) is 0 Å². The molecule has 0 spiro atoms. The first-order valence-electron chi connectivity index (χ1n) is 10.1. The fourth-order valence-electron chi connectivity index (χ4n) is 2.55. The first kappa shape index (κ1) is 26.6. The van der Waals surface area contributed by atoms with Gasteiger partial charge in [-0.3, -0.25) is 9.59 Å². The van der Waals surface area contributed by atoms with Gasteiger partial charge < -0.3 is 24.1 Å². The lowest BCUT2D eigenvalue weighted by Gasteiger charge is -2.28. The molecule has 2 unspecified atom stereocenters. The van der Waals surface area contributed by atoms with Gasteiger partial charge in [0.1, 0.15) is 37.8 Å². The molecule has 1 heterocycles. The molecule has 0 aromatic heterocycles. The number of hydrogen-bond donors (Lipinski definition) is 1. The number of rotatable bonds is 12. The van der Waals surface area contributed by atoms with Crippen LogP contribution in [0.4, 0.5) is 0 Å². The van der Waals surface area contributed by atoms with Crippen molar-refractivity contribution in [1.82, 2.24) is 0 Å². The summed E-state index contributed by atoms with van der Waals surface area (Å²) >= 11 is 4.39. The third kappa shape index (κ3) is 9.01. The van der Waals surface area contributed by atoms with E-state index in [0.717, 1.165) is 7.14 Å². The monoisotopic (exact) mass is 660 g/mol. The Morgan fingerprint density at radius 3 is 2.23 bits per heavy atom. The van der Waals surface area contributed by atoms with Gasteiger partial charge in [-0.15, -0.1) is 0 Å². The zero-order chi connectivity index (χ0) is 23.2. The molecule has 174 valence electrons. The Bertz CT molecular complexity index is 775. The van der Waals surface area contributed by atoms with Crippen LogP contribution in [0.2, 0.25) is 0 Å². The molecule has 1 N–H and O–H groups in total. The van der Waals surface area contributed by atoms with Gasteiger partial charge in [0.05, 0.1) is 21.0 Å². The van der Waals surface area contributed by atoms with Gasteiger partial charge in [0, 0.05) is 3.57 Å². The second-order valence-corrected chi connectivity index (χ2v) is 11.4. The maximum absolute atomic E-state index is 12.5. The molecule has 2 atom stereocenters. The number of hydrogen-bond acceptors (Lipinski definition) is 7. The van der Waals surface area contributed by atoms with Crippen LogP contribution >= 0.6 is 45.2 Å². The predicted molar refractivity (Wildman–Crippen MR) is 132 cm³/mol. The summed E-state index contributed by atoms with van der Waals surface area (Å²) in [5, 5.41) is 10.1. The maximum atomic E-state index is 12.5. The number of aliphatic hydroxyl groups is 1. The number of epoxide rings is 1. The van der Waals surface area contributed by atoms with Crippen molar-refractivity contribution in [2.75, 3.05) is 26.4 Å². The highest BCUT2D eigenvalue weighted by Gasteiger charge is 2.37. The van der Waals surface area contributed by atoms with Crippen molar-refractivity contribution in [1.29, 1.82) is 0 Å². The molecule has 0 radical (unpaired) electrons. The smallest absolute Gasteiger partial charge is 0.311 e. The minimum Gasteiger partial charge on any atom is -0.490 e. The number of halogens is 2. The molecular weight excluding hydrogens is 630 g/mol. The second-order valence-electron chi connectivity index (χ2n) is 8.96. The van der Waals surface area contributed by atoms with Gasteiger partial charge in [0.25, 0.3) is 0 Å². The molecule has 1 saturated heterocycles. The average molecular weight is 660 g/mol. The summed E-state index contributed by atoms with van der Waals surface area (Å²) in [5.41, 5.74) is -1.52. The van der Waals surface area contributed by atoms with Crippen LogP contribution in [-0.2, 0) is 23.8 Å². The fraction of sp³-hybridized carbons (Fsp3) is 0.636. The van der Waals surface area contributed by atoms with E-state index in [1.54, 1.807) is 27.7 Å². The topological polar surface area (TPSA) is 94.6 Å². The first-order chi connectivity index (χ1) is 14.4. The molecule has 1 fully saturated rings. The first-order valence-corrected chi connectivity index (χ1v) is 12.3. The Morgan fingerprint density at radius 1 is 1.10 bits per heavy atom. The summed E-state index contributed by atoms with van der Waals surface area (Å²) in [6.45, 7) is 7.92. The van der Waals surface area contributed by atoms with Crippen molar-refractivity contribution in [2.24, 2.45) is 10.8 Å². The van der Waals surface area contributed by atoms with E-state index in [-0.39, 0.29) is 31.9 Å². The van der Waals surface area contributed by atoms with Crippen LogP contribution in [0, 0.1) is 18.0 Å². The summed E-state index contributed by atoms with van der Waals surface area (Å²) in [4.78, 5) is 24.8.